The van der Waals surface area contributed by atoms with Gasteiger partial charge in [-0.25, -0.2) is 10.0 Å². The number of hydrogen-bond acceptors (Lipinski definition) is 2. The van der Waals surface area contributed by atoms with Gasteiger partial charge in [-0.15, -0.1) is 0 Å². The van der Waals surface area contributed by atoms with E-state index < -0.39 is 0 Å². The van der Waals surface area contributed by atoms with Crippen LogP contribution >= 0.6 is 0 Å². The van der Waals surface area contributed by atoms with Gasteiger partial charge in [0, 0.05) is 14.1 Å². The molecule has 0 bridgehead atoms. The highest BCUT2D eigenvalue weighted by molar-refractivity contribution is 4.76. The molecule has 10 heavy (non-hydrogen) atoms. The summed E-state index contributed by atoms with van der Waals surface area (Å²) in [6.45, 7) is 2.25. The van der Waals surface area contributed by atoms with E-state index in [1.54, 1.807) is 0 Å². The molecule has 0 aliphatic carbocycles. The summed E-state index contributed by atoms with van der Waals surface area (Å²) in [6.07, 6.45) is 6.21. The van der Waals surface area contributed by atoms with Crippen molar-refractivity contribution < 1.29 is 0 Å². The van der Waals surface area contributed by atoms with E-state index in [-0.39, 0.29) is 0 Å². The van der Waals surface area contributed by atoms with Gasteiger partial charge in [-0.3, -0.25) is 0 Å². The van der Waals surface area contributed by atoms with Crippen LogP contribution in [-0.4, -0.2) is 30.3 Å². The van der Waals surface area contributed by atoms with E-state index in [0.29, 0.717) is 0 Å². The lowest BCUT2D eigenvalue weighted by Gasteiger charge is -1.93. The monoisotopic (exact) mass is 142 g/mol. The molecule has 1 aliphatic rings. The number of unbranched alkanes of at least 4 members (excludes halogenated alkanes) is 2. The summed E-state index contributed by atoms with van der Waals surface area (Å²) in [5.74, 6) is 0. The molecule has 2 heteroatoms. The molecular weight excluding hydrogens is 124 g/mol. The lowest BCUT2D eigenvalue weighted by molar-refractivity contribution is 0.412. The average Bonchev–Trinajstić information content (AvgIpc) is 2.46. The largest absolute Gasteiger partial charge is 0.225 e. The van der Waals surface area contributed by atoms with Crippen LogP contribution < -0.4 is 0 Å². The predicted octanol–water partition coefficient (Wildman–Crippen LogP) is 1.69. The zero-order valence-corrected chi connectivity index (χ0v) is 7.30. The van der Waals surface area contributed by atoms with E-state index in [1.165, 1.54) is 25.7 Å². The minimum Gasteiger partial charge on any atom is -0.225 e. The van der Waals surface area contributed by atoms with Crippen molar-refractivity contribution in [1.82, 2.24) is 10.0 Å². The first-order chi connectivity index (χ1) is 4.77. The van der Waals surface area contributed by atoms with Gasteiger partial charge in [0.2, 0.25) is 0 Å². The molecule has 0 spiro atoms. The lowest BCUT2D eigenvalue weighted by atomic mass is 10.2. The van der Waals surface area contributed by atoms with E-state index in [1.807, 2.05) is 0 Å². The van der Waals surface area contributed by atoms with Crippen molar-refractivity contribution in [2.24, 2.45) is 0 Å². The van der Waals surface area contributed by atoms with Crippen LogP contribution in [0.1, 0.15) is 32.6 Å². The summed E-state index contributed by atoms with van der Waals surface area (Å²) in [4.78, 5) is 0. The van der Waals surface area contributed by atoms with Gasteiger partial charge in [-0.2, -0.15) is 0 Å². The minimum atomic E-state index is 0.756. The van der Waals surface area contributed by atoms with Crippen LogP contribution in [0.3, 0.4) is 0 Å². The van der Waals surface area contributed by atoms with Crippen LogP contribution in [0.15, 0.2) is 0 Å². The van der Waals surface area contributed by atoms with Crippen LogP contribution in [0.5, 0.6) is 0 Å². The normalized spacial score (nSPS) is 38.1. The molecule has 2 unspecified atom stereocenters. The molecule has 1 rings (SSSR count). The van der Waals surface area contributed by atoms with Crippen molar-refractivity contribution in [1.29, 1.82) is 0 Å². The van der Waals surface area contributed by atoms with Gasteiger partial charge >= 0.3 is 0 Å². The summed E-state index contributed by atoms with van der Waals surface area (Å²) in [5, 5.41) is 4.57. The third-order valence-electron chi connectivity index (χ3n) is 2.37. The number of rotatable bonds is 4. The molecule has 2 nitrogen and oxygen atoms in total. The first-order valence-electron chi connectivity index (χ1n) is 4.23. The maximum atomic E-state index is 2.29. The van der Waals surface area contributed by atoms with Gasteiger partial charge in [-0.05, 0) is 6.42 Å². The van der Waals surface area contributed by atoms with Gasteiger partial charge in [0.15, 0.2) is 0 Å². The minimum absolute atomic E-state index is 0.756. The fourth-order valence-electron chi connectivity index (χ4n) is 1.38. The van der Waals surface area contributed by atoms with Crippen LogP contribution in [0, 0.1) is 0 Å². The lowest BCUT2D eigenvalue weighted by Crippen LogP contribution is -1.93. The highest BCUT2D eigenvalue weighted by Gasteiger charge is 2.36. The van der Waals surface area contributed by atoms with Crippen molar-refractivity contribution in [3.8, 4) is 0 Å². The third kappa shape index (κ3) is 1.70. The molecule has 1 aliphatic heterocycles. The van der Waals surface area contributed by atoms with E-state index in [2.05, 4.69) is 31.0 Å². The molecule has 0 aromatic carbocycles. The molecule has 0 N–H and O–H groups in total. The highest BCUT2D eigenvalue weighted by atomic mass is 15.8. The molecule has 60 valence electrons. The predicted molar refractivity (Wildman–Crippen MR) is 43.5 cm³/mol. The van der Waals surface area contributed by atoms with Crippen molar-refractivity contribution in [2.45, 2.75) is 38.8 Å². The van der Waals surface area contributed by atoms with Crippen molar-refractivity contribution in [3.05, 3.63) is 0 Å². The van der Waals surface area contributed by atoms with Crippen molar-refractivity contribution in [2.75, 3.05) is 14.1 Å². The molecule has 0 saturated carbocycles. The Morgan fingerprint density at radius 1 is 1.10 bits per heavy atom. The maximum Gasteiger partial charge on any atom is 0.0888 e. The van der Waals surface area contributed by atoms with Gasteiger partial charge in [0.1, 0.15) is 0 Å². The second kappa shape index (κ2) is 3.35. The molecule has 2 atom stereocenters. The van der Waals surface area contributed by atoms with Crippen LogP contribution in [0.4, 0.5) is 0 Å². The second-order valence-corrected chi connectivity index (χ2v) is 3.12. The van der Waals surface area contributed by atoms with Crippen LogP contribution in [0.25, 0.3) is 0 Å². The van der Waals surface area contributed by atoms with Gasteiger partial charge in [0.25, 0.3) is 0 Å². The number of hydrogen-bond donors (Lipinski definition) is 0. The molecule has 1 heterocycles. The SMILES string of the molecule is CCCCCC1N(C)N1C. The molecule has 1 fully saturated rings. The molecule has 0 amide bonds. The Kier molecular flexibility index (Phi) is 2.69. The average molecular weight is 142 g/mol. The molecule has 0 aromatic heterocycles. The number of hydrazine groups is 1. The number of nitrogens with zero attached hydrogens (tertiary/aromatic N) is 2. The molecular formula is C8H18N2. The highest BCUT2D eigenvalue weighted by Crippen LogP contribution is 2.25. The molecule has 0 radical (unpaired) electrons. The van der Waals surface area contributed by atoms with Crippen LogP contribution in [0.2, 0.25) is 0 Å². The molecule has 1 saturated heterocycles. The van der Waals surface area contributed by atoms with Crippen molar-refractivity contribution >= 4 is 0 Å². The second-order valence-electron chi connectivity index (χ2n) is 3.12. The Labute approximate surface area is 63.8 Å². The Morgan fingerprint density at radius 2 is 1.70 bits per heavy atom. The van der Waals surface area contributed by atoms with E-state index >= 15 is 0 Å². The first-order valence-corrected chi connectivity index (χ1v) is 4.23. The van der Waals surface area contributed by atoms with Gasteiger partial charge in [-0.1, -0.05) is 26.2 Å². The Bertz CT molecular complexity index is 95.4. The topological polar surface area (TPSA) is 6.02 Å². The van der Waals surface area contributed by atoms with E-state index in [9.17, 15) is 0 Å². The van der Waals surface area contributed by atoms with E-state index in [4.69, 9.17) is 0 Å². The summed E-state index contributed by atoms with van der Waals surface area (Å²) in [7, 11) is 4.30. The first kappa shape index (κ1) is 8.02. The van der Waals surface area contributed by atoms with E-state index in [0.717, 1.165) is 6.17 Å². The Hall–Kier alpha value is -0.0800. The zero-order valence-electron chi connectivity index (χ0n) is 7.30. The summed E-state index contributed by atoms with van der Waals surface area (Å²) in [5.41, 5.74) is 0. The molecule has 0 aromatic rings. The fourth-order valence-corrected chi connectivity index (χ4v) is 1.38. The van der Waals surface area contributed by atoms with Crippen molar-refractivity contribution in [3.63, 3.8) is 0 Å². The fraction of sp³-hybridized carbons (Fsp3) is 1.00. The zero-order chi connectivity index (χ0) is 7.56. The standard InChI is InChI=1S/C8H18N2/c1-4-5-6-7-8-9(2)10(8)3/h8H,4-7H2,1-3H3. The third-order valence-corrected chi connectivity index (χ3v) is 2.37. The smallest absolute Gasteiger partial charge is 0.0888 e. The summed E-state index contributed by atoms with van der Waals surface area (Å²) in [6, 6.07) is 0. The summed E-state index contributed by atoms with van der Waals surface area (Å²) < 4.78 is 0. The quantitative estimate of drug-likeness (QED) is 0.435. The Morgan fingerprint density at radius 3 is 2.10 bits per heavy atom. The Balaban J connectivity index is 1.95. The van der Waals surface area contributed by atoms with Gasteiger partial charge in [0.05, 0.1) is 6.17 Å². The van der Waals surface area contributed by atoms with Crippen LogP contribution in [-0.2, 0) is 0 Å². The summed E-state index contributed by atoms with van der Waals surface area (Å²) >= 11 is 0. The van der Waals surface area contributed by atoms with Gasteiger partial charge < -0.3 is 0 Å². The maximum absolute atomic E-state index is 2.29.